The SMILES string of the molecule is Cc1nc2c(C)cc3[nH]cncc3c2n1. The van der Waals surface area contributed by atoms with Crippen molar-refractivity contribution in [1.29, 1.82) is 0 Å². The van der Waals surface area contributed by atoms with Crippen molar-refractivity contribution in [3.05, 3.63) is 30.0 Å². The number of hydrogen-bond donors (Lipinski definition) is 1. The van der Waals surface area contributed by atoms with E-state index >= 15 is 0 Å². The van der Waals surface area contributed by atoms with E-state index in [-0.39, 0.29) is 0 Å². The average Bonchev–Trinajstić information content (AvgIpc) is 2.61. The Morgan fingerprint density at radius 2 is 1.93 bits per heavy atom. The topological polar surface area (TPSA) is 54.5 Å². The van der Waals surface area contributed by atoms with Gasteiger partial charge in [-0.3, -0.25) is 0 Å². The molecule has 0 amide bonds. The van der Waals surface area contributed by atoms with Gasteiger partial charge in [-0.05, 0) is 25.5 Å². The van der Waals surface area contributed by atoms with Crippen molar-refractivity contribution < 1.29 is 0 Å². The van der Waals surface area contributed by atoms with Crippen LogP contribution in [0.25, 0.3) is 21.9 Å². The van der Waals surface area contributed by atoms with Gasteiger partial charge in [-0.25, -0.2) is 15.0 Å². The predicted octanol–water partition coefficient (Wildman–Crippen LogP) is 2.12. The first-order valence-corrected chi connectivity index (χ1v) is 4.82. The average molecular weight is 198 g/mol. The number of aryl methyl sites for hydroxylation is 2. The zero-order valence-electron chi connectivity index (χ0n) is 8.57. The molecule has 3 rings (SSSR count). The number of benzene rings is 1. The minimum absolute atomic E-state index is 0.810. The minimum atomic E-state index is 0.810. The van der Waals surface area contributed by atoms with E-state index in [0.29, 0.717) is 0 Å². The molecule has 15 heavy (non-hydrogen) atoms. The normalized spacial score (nSPS) is 11.3. The van der Waals surface area contributed by atoms with Crippen LogP contribution in [0.15, 0.2) is 18.6 Å². The van der Waals surface area contributed by atoms with Crippen molar-refractivity contribution in [2.45, 2.75) is 13.8 Å². The van der Waals surface area contributed by atoms with Gasteiger partial charge in [0, 0.05) is 11.6 Å². The summed E-state index contributed by atoms with van der Waals surface area (Å²) in [6.07, 6.45) is 3.50. The van der Waals surface area contributed by atoms with E-state index in [1.54, 1.807) is 6.33 Å². The molecular weight excluding hydrogens is 188 g/mol. The molecule has 0 spiro atoms. The van der Waals surface area contributed by atoms with Gasteiger partial charge in [-0.15, -0.1) is 0 Å². The van der Waals surface area contributed by atoms with E-state index in [0.717, 1.165) is 33.3 Å². The van der Waals surface area contributed by atoms with Gasteiger partial charge in [0.15, 0.2) is 0 Å². The first kappa shape index (κ1) is 8.35. The number of imidazole rings is 1. The van der Waals surface area contributed by atoms with E-state index in [9.17, 15) is 0 Å². The van der Waals surface area contributed by atoms with Crippen molar-refractivity contribution in [2.24, 2.45) is 0 Å². The zero-order chi connectivity index (χ0) is 10.4. The van der Waals surface area contributed by atoms with Gasteiger partial charge >= 0.3 is 0 Å². The number of aromatic amines is 1. The standard InChI is InChI=1S/C11H10N4/c1-6-3-9-8(4-12-5-13-9)11-10(6)14-7(2)15-11/h3-5H,1-2H3,(H,12,13). The molecule has 3 aromatic rings. The Kier molecular flexibility index (Phi) is 1.54. The van der Waals surface area contributed by atoms with Crippen molar-refractivity contribution in [3.63, 3.8) is 0 Å². The second-order valence-electron chi connectivity index (χ2n) is 3.67. The summed E-state index contributed by atoms with van der Waals surface area (Å²) in [6.45, 7) is 3.95. The lowest BCUT2D eigenvalue weighted by Gasteiger charge is -2.00. The zero-order valence-corrected chi connectivity index (χ0v) is 8.57. The Hall–Kier alpha value is -1.97. The number of nitrogens with zero attached hydrogens (tertiary/aromatic N) is 3. The van der Waals surface area contributed by atoms with Crippen LogP contribution < -0.4 is 0 Å². The first-order valence-electron chi connectivity index (χ1n) is 4.82. The Labute approximate surface area is 86.4 Å². The van der Waals surface area contributed by atoms with Crippen LogP contribution in [0.4, 0.5) is 0 Å². The first-order chi connectivity index (χ1) is 7.25. The number of nitrogens with one attached hydrogen (secondary N) is 1. The molecule has 4 heteroatoms. The van der Waals surface area contributed by atoms with Crippen LogP contribution in [-0.2, 0) is 0 Å². The van der Waals surface area contributed by atoms with Crippen molar-refractivity contribution in [2.75, 3.05) is 0 Å². The summed E-state index contributed by atoms with van der Waals surface area (Å²) in [5, 5.41) is 1.03. The van der Waals surface area contributed by atoms with E-state index in [2.05, 4.69) is 26.0 Å². The van der Waals surface area contributed by atoms with Gasteiger partial charge in [0.2, 0.25) is 0 Å². The summed E-state index contributed by atoms with van der Waals surface area (Å²) in [6, 6.07) is 2.08. The second kappa shape index (κ2) is 2.76. The summed E-state index contributed by atoms with van der Waals surface area (Å²) in [4.78, 5) is 16.0. The lowest BCUT2D eigenvalue weighted by Crippen LogP contribution is -1.85. The van der Waals surface area contributed by atoms with E-state index in [1.807, 2.05) is 20.0 Å². The molecule has 4 nitrogen and oxygen atoms in total. The molecular formula is C11H10N4. The fraction of sp³-hybridized carbons (Fsp3) is 0.182. The molecule has 1 aromatic carbocycles. The van der Waals surface area contributed by atoms with Gasteiger partial charge in [0.05, 0.1) is 17.4 Å². The largest absolute Gasteiger partial charge is 0.346 e. The molecule has 0 aliphatic heterocycles. The number of rotatable bonds is 0. The highest BCUT2D eigenvalue weighted by Crippen LogP contribution is 2.24. The van der Waals surface area contributed by atoms with E-state index < -0.39 is 0 Å². The number of aromatic nitrogens is 4. The Morgan fingerprint density at radius 3 is 2.80 bits per heavy atom. The van der Waals surface area contributed by atoms with Crippen molar-refractivity contribution >= 4 is 21.9 Å². The summed E-state index contributed by atoms with van der Waals surface area (Å²) in [7, 11) is 0. The third-order valence-electron chi connectivity index (χ3n) is 2.55. The molecule has 0 aliphatic rings. The summed E-state index contributed by atoms with van der Waals surface area (Å²) in [5.41, 5.74) is 4.10. The Balaban J connectivity index is 2.63. The van der Waals surface area contributed by atoms with Gasteiger partial charge < -0.3 is 4.98 Å². The lowest BCUT2D eigenvalue weighted by molar-refractivity contribution is 1.17. The van der Waals surface area contributed by atoms with Crippen LogP contribution in [0, 0.1) is 13.8 Å². The highest BCUT2D eigenvalue weighted by Gasteiger charge is 2.08. The molecule has 0 saturated carbocycles. The molecule has 0 unspecified atom stereocenters. The van der Waals surface area contributed by atoms with Crippen LogP contribution in [0.3, 0.4) is 0 Å². The molecule has 0 atom stereocenters. The fourth-order valence-corrected chi connectivity index (χ4v) is 1.88. The smallest absolute Gasteiger partial charge is 0.126 e. The van der Waals surface area contributed by atoms with E-state index in [1.165, 1.54) is 0 Å². The highest BCUT2D eigenvalue weighted by molar-refractivity contribution is 6.03. The number of fused-ring (bicyclic) bond motifs is 3. The molecule has 0 radical (unpaired) electrons. The predicted molar refractivity (Wildman–Crippen MR) is 58.7 cm³/mol. The number of hydrogen-bond acceptors (Lipinski definition) is 3. The Morgan fingerprint density at radius 1 is 1.13 bits per heavy atom. The molecule has 2 aromatic heterocycles. The third kappa shape index (κ3) is 1.11. The Bertz CT molecular complexity index is 654. The summed E-state index contributed by atoms with van der Waals surface area (Å²) in [5.74, 6) is 0.810. The molecule has 0 aliphatic carbocycles. The fourth-order valence-electron chi connectivity index (χ4n) is 1.88. The summed E-state index contributed by atoms with van der Waals surface area (Å²) < 4.78 is 0. The van der Waals surface area contributed by atoms with Gasteiger partial charge in [-0.1, -0.05) is 0 Å². The number of H-pyrrole nitrogens is 1. The molecule has 0 fully saturated rings. The van der Waals surface area contributed by atoms with Gasteiger partial charge in [-0.2, -0.15) is 0 Å². The van der Waals surface area contributed by atoms with Crippen LogP contribution in [0.2, 0.25) is 0 Å². The molecule has 1 N–H and O–H groups in total. The van der Waals surface area contributed by atoms with E-state index in [4.69, 9.17) is 0 Å². The molecule has 0 bridgehead atoms. The lowest BCUT2D eigenvalue weighted by atomic mass is 10.1. The van der Waals surface area contributed by atoms with Crippen LogP contribution in [-0.4, -0.2) is 19.9 Å². The quantitative estimate of drug-likeness (QED) is 0.602. The summed E-state index contributed by atoms with van der Waals surface area (Å²) >= 11 is 0. The maximum Gasteiger partial charge on any atom is 0.126 e. The second-order valence-corrected chi connectivity index (χ2v) is 3.67. The maximum absolute atomic E-state index is 4.43. The minimum Gasteiger partial charge on any atom is -0.346 e. The van der Waals surface area contributed by atoms with Crippen LogP contribution in [0.1, 0.15) is 11.4 Å². The van der Waals surface area contributed by atoms with Crippen molar-refractivity contribution in [1.82, 2.24) is 19.9 Å². The highest BCUT2D eigenvalue weighted by atomic mass is 14.9. The van der Waals surface area contributed by atoms with Crippen LogP contribution in [0.5, 0.6) is 0 Å². The van der Waals surface area contributed by atoms with Crippen molar-refractivity contribution in [3.8, 4) is 0 Å². The molecule has 74 valence electrons. The van der Waals surface area contributed by atoms with Gasteiger partial charge in [0.1, 0.15) is 11.3 Å². The molecule has 2 heterocycles. The van der Waals surface area contributed by atoms with Gasteiger partial charge in [0.25, 0.3) is 0 Å². The molecule has 0 saturated heterocycles. The maximum atomic E-state index is 4.43. The monoisotopic (exact) mass is 198 g/mol. The van der Waals surface area contributed by atoms with Crippen LogP contribution >= 0.6 is 0 Å². The third-order valence-corrected chi connectivity index (χ3v) is 2.55.